The Morgan fingerprint density at radius 1 is 1.18 bits per heavy atom. The third kappa shape index (κ3) is 4.26. The molecule has 0 radical (unpaired) electrons. The molecular weight excluding hydrogens is 364 g/mol. The van der Waals surface area contributed by atoms with Crippen LogP contribution in [0.5, 0.6) is 0 Å². The van der Waals surface area contributed by atoms with E-state index in [-0.39, 0.29) is 23.8 Å². The first kappa shape index (κ1) is 18.9. The Balaban J connectivity index is 1.88. The van der Waals surface area contributed by atoms with E-state index in [1.165, 1.54) is 12.5 Å². The van der Waals surface area contributed by atoms with Crippen molar-refractivity contribution in [1.82, 2.24) is 20.3 Å². The second kappa shape index (κ2) is 8.21. The fraction of sp³-hybridized carbons (Fsp3) is 0.158. The lowest BCUT2D eigenvalue weighted by Gasteiger charge is -2.15. The van der Waals surface area contributed by atoms with Gasteiger partial charge < -0.3 is 14.8 Å². The molecule has 9 nitrogen and oxygen atoms in total. The molecular formula is C19H16N4O5. The fourth-order valence-corrected chi connectivity index (χ4v) is 2.62. The average Bonchev–Trinajstić information content (AvgIpc) is 3.10. The molecule has 1 unspecified atom stereocenters. The molecule has 9 heteroatoms. The maximum Gasteiger partial charge on any atom is 0.374 e. The van der Waals surface area contributed by atoms with E-state index in [0.29, 0.717) is 11.3 Å². The van der Waals surface area contributed by atoms with Gasteiger partial charge in [0.25, 0.3) is 11.7 Å². The molecule has 0 aliphatic heterocycles. The van der Waals surface area contributed by atoms with E-state index in [2.05, 4.69) is 20.3 Å². The van der Waals surface area contributed by atoms with Crippen LogP contribution in [0.3, 0.4) is 0 Å². The lowest BCUT2D eigenvalue weighted by molar-refractivity contribution is -0.149. The van der Waals surface area contributed by atoms with E-state index in [1.54, 1.807) is 43.3 Å². The third-order valence-corrected chi connectivity index (χ3v) is 3.88. The highest BCUT2D eigenvalue weighted by molar-refractivity contribution is 6.35. The molecule has 0 aliphatic rings. The van der Waals surface area contributed by atoms with Crippen LogP contribution in [0.15, 0.2) is 53.3 Å². The summed E-state index contributed by atoms with van der Waals surface area (Å²) in [5.41, 5.74) is 1.24. The summed E-state index contributed by atoms with van der Waals surface area (Å²) in [7, 11) is 0. The number of carboxylic acid groups (broad SMARTS) is 1. The van der Waals surface area contributed by atoms with Crippen molar-refractivity contribution in [3.8, 4) is 11.4 Å². The number of carboxylic acids is 1. The highest BCUT2D eigenvalue weighted by Crippen LogP contribution is 2.21. The second-order valence-corrected chi connectivity index (χ2v) is 5.89. The first-order valence-corrected chi connectivity index (χ1v) is 8.31. The summed E-state index contributed by atoms with van der Waals surface area (Å²) in [6, 6.07) is 9.06. The molecule has 0 saturated heterocycles. The monoisotopic (exact) mass is 380 g/mol. The van der Waals surface area contributed by atoms with Crippen molar-refractivity contribution in [3.63, 3.8) is 0 Å². The Morgan fingerprint density at radius 3 is 2.57 bits per heavy atom. The topological polar surface area (TPSA) is 135 Å². The van der Waals surface area contributed by atoms with Crippen molar-refractivity contribution >= 4 is 17.7 Å². The molecule has 28 heavy (non-hydrogen) atoms. The molecule has 1 atom stereocenters. The minimum atomic E-state index is -1.63. The Hall–Kier alpha value is -3.88. The summed E-state index contributed by atoms with van der Waals surface area (Å²) >= 11 is 0. The van der Waals surface area contributed by atoms with E-state index in [0.717, 1.165) is 0 Å². The molecule has 0 saturated carbocycles. The van der Waals surface area contributed by atoms with Gasteiger partial charge >= 0.3 is 5.97 Å². The number of aromatic nitrogens is 3. The van der Waals surface area contributed by atoms with E-state index in [4.69, 9.17) is 9.52 Å². The maximum atomic E-state index is 12.7. The Labute approximate surface area is 159 Å². The summed E-state index contributed by atoms with van der Waals surface area (Å²) in [5, 5.41) is 11.5. The summed E-state index contributed by atoms with van der Waals surface area (Å²) < 4.78 is 5.38. The van der Waals surface area contributed by atoms with Gasteiger partial charge in [0.2, 0.25) is 5.76 Å². The van der Waals surface area contributed by atoms with E-state index in [1.807, 2.05) is 0 Å². The third-order valence-electron chi connectivity index (χ3n) is 3.88. The molecule has 0 spiro atoms. The Bertz CT molecular complexity index is 1000. The van der Waals surface area contributed by atoms with Gasteiger partial charge in [0.15, 0.2) is 5.89 Å². The number of nitrogens with zero attached hydrogens (tertiary/aromatic N) is 3. The first-order valence-electron chi connectivity index (χ1n) is 8.31. The van der Waals surface area contributed by atoms with Gasteiger partial charge in [-0.1, -0.05) is 30.3 Å². The van der Waals surface area contributed by atoms with Gasteiger partial charge in [0.05, 0.1) is 5.69 Å². The summed E-state index contributed by atoms with van der Waals surface area (Å²) in [5.74, 6) is -3.46. The van der Waals surface area contributed by atoms with Gasteiger partial charge in [-0.05, 0) is 11.6 Å². The van der Waals surface area contributed by atoms with Gasteiger partial charge in [-0.3, -0.25) is 9.59 Å². The molecule has 0 aliphatic carbocycles. The van der Waals surface area contributed by atoms with Crippen LogP contribution < -0.4 is 5.32 Å². The standard InChI is InChI=1S/C19H16N4O5/c1-11-22-15(13-7-8-20-10-21-13)17(28-11)18(25)23-14(16(24)19(26)27)9-12-5-3-2-4-6-12/h2-8,10,14H,9H2,1H3,(H,23,25)(H,26,27). The zero-order chi connectivity index (χ0) is 20.1. The molecule has 3 rings (SSSR count). The fourth-order valence-electron chi connectivity index (χ4n) is 2.62. The van der Waals surface area contributed by atoms with E-state index < -0.39 is 23.7 Å². The number of carbonyl (C=O) groups excluding carboxylic acids is 2. The van der Waals surface area contributed by atoms with E-state index >= 15 is 0 Å². The second-order valence-electron chi connectivity index (χ2n) is 5.89. The number of Topliss-reactive ketones (excluding diaryl/α,β-unsaturated/α-hetero) is 1. The van der Waals surface area contributed by atoms with E-state index in [9.17, 15) is 14.4 Å². The van der Waals surface area contributed by atoms with Crippen molar-refractivity contribution < 1.29 is 23.9 Å². The van der Waals surface area contributed by atoms with Crippen molar-refractivity contribution in [2.75, 3.05) is 0 Å². The summed E-state index contributed by atoms with van der Waals surface area (Å²) in [6.07, 6.45) is 2.81. The molecule has 142 valence electrons. The summed E-state index contributed by atoms with van der Waals surface area (Å²) in [6.45, 7) is 1.56. The summed E-state index contributed by atoms with van der Waals surface area (Å²) in [4.78, 5) is 48.0. The van der Waals surface area contributed by atoms with Crippen molar-refractivity contribution in [3.05, 3.63) is 66.1 Å². The molecule has 1 aromatic carbocycles. The average molecular weight is 380 g/mol. The minimum Gasteiger partial charge on any atom is -0.475 e. The lowest BCUT2D eigenvalue weighted by Crippen LogP contribution is -2.45. The number of carbonyl (C=O) groups is 3. The Morgan fingerprint density at radius 2 is 1.93 bits per heavy atom. The SMILES string of the molecule is Cc1nc(-c2ccncn2)c(C(=O)NC(Cc2ccccc2)C(=O)C(=O)O)o1. The zero-order valence-electron chi connectivity index (χ0n) is 14.8. The maximum absolute atomic E-state index is 12.7. The number of benzene rings is 1. The van der Waals surface area contributed by atoms with Gasteiger partial charge in [0, 0.05) is 19.5 Å². The number of amides is 1. The van der Waals surface area contributed by atoms with Gasteiger partial charge in [-0.15, -0.1) is 0 Å². The van der Waals surface area contributed by atoms with Crippen LogP contribution in [0.2, 0.25) is 0 Å². The van der Waals surface area contributed by atoms with Crippen LogP contribution in [0.4, 0.5) is 0 Å². The predicted octanol–water partition coefficient (Wildman–Crippen LogP) is 1.43. The zero-order valence-corrected chi connectivity index (χ0v) is 14.8. The number of aryl methyl sites for hydroxylation is 1. The van der Waals surface area contributed by atoms with Crippen LogP contribution in [0, 0.1) is 6.92 Å². The largest absolute Gasteiger partial charge is 0.475 e. The smallest absolute Gasteiger partial charge is 0.374 e. The lowest BCUT2D eigenvalue weighted by atomic mass is 10.0. The molecule has 2 aromatic heterocycles. The number of hydrogen-bond donors (Lipinski definition) is 2. The number of hydrogen-bond acceptors (Lipinski definition) is 7. The van der Waals surface area contributed by atoms with Crippen molar-refractivity contribution in [2.45, 2.75) is 19.4 Å². The Kier molecular flexibility index (Phi) is 5.54. The van der Waals surface area contributed by atoms with Crippen LogP contribution in [-0.4, -0.2) is 43.8 Å². The number of rotatable bonds is 7. The molecule has 0 bridgehead atoms. The highest BCUT2D eigenvalue weighted by atomic mass is 16.4. The molecule has 3 aromatic rings. The normalized spacial score (nSPS) is 11.6. The highest BCUT2D eigenvalue weighted by Gasteiger charge is 2.30. The minimum absolute atomic E-state index is 0.0215. The van der Waals surface area contributed by atoms with Crippen molar-refractivity contribution in [1.29, 1.82) is 0 Å². The van der Waals surface area contributed by atoms with Gasteiger partial charge in [0.1, 0.15) is 18.1 Å². The van der Waals surface area contributed by atoms with Crippen molar-refractivity contribution in [2.24, 2.45) is 0 Å². The number of nitrogens with one attached hydrogen (secondary N) is 1. The molecule has 1 amide bonds. The van der Waals surface area contributed by atoms with Crippen LogP contribution >= 0.6 is 0 Å². The molecule has 2 heterocycles. The quantitative estimate of drug-likeness (QED) is 0.588. The van der Waals surface area contributed by atoms with Gasteiger partial charge in [-0.25, -0.2) is 19.7 Å². The molecule has 2 N–H and O–H groups in total. The number of oxazole rings is 1. The first-order chi connectivity index (χ1) is 13.5. The number of aliphatic carboxylic acids is 1. The predicted molar refractivity (Wildman–Crippen MR) is 96.3 cm³/mol. The van der Waals surface area contributed by atoms with Gasteiger partial charge in [-0.2, -0.15) is 0 Å². The van der Waals surface area contributed by atoms with Crippen LogP contribution in [0.25, 0.3) is 11.4 Å². The molecule has 0 fully saturated rings. The number of ketones is 1. The van der Waals surface area contributed by atoms with Crippen LogP contribution in [-0.2, 0) is 16.0 Å². The van der Waals surface area contributed by atoms with Crippen LogP contribution in [0.1, 0.15) is 22.0 Å².